The molecule has 0 amide bonds. The van der Waals surface area contributed by atoms with E-state index in [1.807, 2.05) is 0 Å². The average Bonchev–Trinajstić information content (AvgIpc) is 2.56. The summed E-state index contributed by atoms with van der Waals surface area (Å²) >= 11 is 0. The van der Waals surface area contributed by atoms with Crippen molar-refractivity contribution in [3.63, 3.8) is 0 Å². The van der Waals surface area contributed by atoms with Crippen molar-refractivity contribution >= 4 is 0 Å². The van der Waals surface area contributed by atoms with Gasteiger partial charge in [-0.2, -0.15) is 0 Å². The first kappa shape index (κ1) is 24.2. The van der Waals surface area contributed by atoms with Gasteiger partial charge < -0.3 is 21.6 Å². The molecule has 0 unspecified atom stereocenters. The van der Waals surface area contributed by atoms with Crippen molar-refractivity contribution < 1.29 is 21.6 Å². The van der Waals surface area contributed by atoms with Gasteiger partial charge in [0.15, 0.2) is 6.73 Å². The molecule has 2 nitrogen and oxygen atoms in total. The molecule has 0 aromatic carbocycles. The number of nitrogens with zero attached hydrogens (tertiary/aromatic N) is 1. The minimum Gasteiger partial charge on any atom is -1.00 e. The SMILES string of the molecule is CCCCCCCCCCCC[N+](C)(C)COC1CCCCC1.[Cl-]. The van der Waals surface area contributed by atoms with Gasteiger partial charge in [-0.1, -0.05) is 77.6 Å². The molecule has 0 aromatic heterocycles. The van der Waals surface area contributed by atoms with Crippen LogP contribution in [-0.4, -0.2) is 38.0 Å². The van der Waals surface area contributed by atoms with E-state index in [0.717, 1.165) is 11.2 Å². The van der Waals surface area contributed by atoms with Crippen LogP contribution in [0, 0.1) is 0 Å². The molecule has 0 heterocycles. The van der Waals surface area contributed by atoms with E-state index in [1.165, 1.54) is 103 Å². The van der Waals surface area contributed by atoms with Crippen molar-refractivity contribution in [3.8, 4) is 0 Å². The number of unbranched alkanes of at least 4 members (excludes halogenated alkanes) is 9. The molecule has 0 atom stereocenters. The van der Waals surface area contributed by atoms with E-state index in [2.05, 4.69) is 21.0 Å². The standard InChI is InChI=1S/C21H44NO.ClH/c1-4-5-6-7-8-9-10-11-12-16-19-22(2,3)20-23-21-17-14-13-15-18-21;/h21H,4-20H2,1-3H3;1H/q+1;/p-1. The van der Waals surface area contributed by atoms with E-state index in [4.69, 9.17) is 4.74 Å². The minimum absolute atomic E-state index is 0. The van der Waals surface area contributed by atoms with Crippen LogP contribution < -0.4 is 12.4 Å². The van der Waals surface area contributed by atoms with Gasteiger partial charge in [-0.25, -0.2) is 0 Å². The van der Waals surface area contributed by atoms with Crippen molar-refractivity contribution in [2.45, 2.75) is 109 Å². The Morgan fingerprint density at radius 3 is 1.79 bits per heavy atom. The van der Waals surface area contributed by atoms with Gasteiger partial charge in [0.25, 0.3) is 0 Å². The lowest BCUT2D eigenvalue weighted by atomic mass is 9.98. The van der Waals surface area contributed by atoms with Crippen LogP contribution in [0.15, 0.2) is 0 Å². The fraction of sp³-hybridized carbons (Fsp3) is 1.00. The summed E-state index contributed by atoms with van der Waals surface area (Å²) in [6.45, 7) is 4.46. The Bertz CT molecular complexity index is 265. The largest absolute Gasteiger partial charge is 1.00 e. The zero-order chi connectivity index (χ0) is 16.8. The first-order chi connectivity index (χ1) is 11.1. The molecule has 1 rings (SSSR count). The predicted molar refractivity (Wildman–Crippen MR) is 102 cm³/mol. The summed E-state index contributed by atoms with van der Waals surface area (Å²) in [6, 6.07) is 0. The molecule has 0 spiro atoms. The van der Waals surface area contributed by atoms with E-state index < -0.39 is 0 Å². The summed E-state index contributed by atoms with van der Waals surface area (Å²) in [4.78, 5) is 0. The number of rotatable bonds is 14. The summed E-state index contributed by atoms with van der Waals surface area (Å²) < 4.78 is 7.20. The lowest BCUT2D eigenvalue weighted by Gasteiger charge is -2.32. The van der Waals surface area contributed by atoms with Crippen molar-refractivity contribution in [1.29, 1.82) is 0 Å². The van der Waals surface area contributed by atoms with E-state index in [9.17, 15) is 0 Å². The Hall–Kier alpha value is 0.210. The van der Waals surface area contributed by atoms with Crippen molar-refractivity contribution in [2.75, 3.05) is 27.4 Å². The van der Waals surface area contributed by atoms with E-state index in [0.29, 0.717) is 6.10 Å². The van der Waals surface area contributed by atoms with Crippen LogP contribution in [0.4, 0.5) is 0 Å². The molecule has 0 N–H and O–H groups in total. The molecule has 0 bridgehead atoms. The van der Waals surface area contributed by atoms with Crippen molar-refractivity contribution in [1.82, 2.24) is 0 Å². The topological polar surface area (TPSA) is 9.23 Å². The highest BCUT2D eigenvalue weighted by Gasteiger charge is 2.19. The number of ether oxygens (including phenoxy) is 1. The summed E-state index contributed by atoms with van der Waals surface area (Å²) in [5.41, 5.74) is 0. The lowest BCUT2D eigenvalue weighted by Crippen LogP contribution is -3.00. The molecule has 3 heteroatoms. The summed E-state index contributed by atoms with van der Waals surface area (Å²) in [6.07, 6.45) is 21.5. The van der Waals surface area contributed by atoms with Crippen LogP contribution in [0.3, 0.4) is 0 Å². The van der Waals surface area contributed by atoms with E-state index in [-0.39, 0.29) is 12.4 Å². The first-order valence-corrected chi connectivity index (χ1v) is 10.6. The summed E-state index contributed by atoms with van der Waals surface area (Å²) in [5.74, 6) is 0. The van der Waals surface area contributed by atoms with E-state index >= 15 is 0 Å². The Morgan fingerprint density at radius 1 is 0.750 bits per heavy atom. The highest BCUT2D eigenvalue weighted by Crippen LogP contribution is 2.21. The Morgan fingerprint density at radius 2 is 1.25 bits per heavy atom. The maximum Gasteiger partial charge on any atom is 0.183 e. The molecule has 0 radical (unpaired) electrons. The third kappa shape index (κ3) is 13.5. The van der Waals surface area contributed by atoms with Gasteiger partial charge >= 0.3 is 0 Å². The van der Waals surface area contributed by atoms with E-state index in [1.54, 1.807) is 0 Å². The molecule has 0 saturated heterocycles. The Balaban J connectivity index is 0.00000529. The number of halogens is 1. The van der Waals surface area contributed by atoms with Gasteiger partial charge in [0.05, 0.1) is 26.7 Å². The second kappa shape index (κ2) is 15.5. The normalized spacial score (nSPS) is 16.1. The second-order valence-electron chi connectivity index (χ2n) is 8.40. The Kier molecular flexibility index (Phi) is 15.6. The fourth-order valence-corrected chi connectivity index (χ4v) is 3.63. The van der Waals surface area contributed by atoms with Crippen LogP contribution in [0.2, 0.25) is 0 Å². The third-order valence-corrected chi connectivity index (χ3v) is 5.33. The molecule has 24 heavy (non-hydrogen) atoms. The predicted octanol–water partition coefficient (Wildman–Crippen LogP) is 3.29. The summed E-state index contributed by atoms with van der Waals surface area (Å²) in [7, 11) is 4.66. The van der Waals surface area contributed by atoms with Gasteiger partial charge in [0.2, 0.25) is 0 Å². The van der Waals surface area contributed by atoms with Crippen LogP contribution in [0.1, 0.15) is 103 Å². The number of quaternary nitrogens is 1. The minimum atomic E-state index is 0. The number of hydrogen-bond acceptors (Lipinski definition) is 1. The molecular weight excluding hydrogens is 318 g/mol. The first-order valence-electron chi connectivity index (χ1n) is 10.6. The smallest absolute Gasteiger partial charge is 0.183 e. The zero-order valence-electron chi connectivity index (χ0n) is 16.8. The average molecular weight is 362 g/mol. The van der Waals surface area contributed by atoms with Crippen LogP contribution in [-0.2, 0) is 4.74 Å². The number of hydrogen-bond donors (Lipinski definition) is 0. The summed E-state index contributed by atoms with van der Waals surface area (Å²) in [5, 5.41) is 0. The van der Waals surface area contributed by atoms with Gasteiger partial charge in [0, 0.05) is 0 Å². The van der Waals surface area contributed by atoms with Gasteiger partial charge in [0.1, 0.15) is 0 Å². The lowest BCUT2D eigenvalue weighted by molar-refractivity contribution is -0.910. The quantitative estimate of drug-likeness (QED) is 0.262. The highest BCUT2D eigenvalue weighted by molar-refractivity contribution is 4.64. The maximum absolute atomic E-state index is 6.16. The fourth-order valence-electron chi connectivity index (χ4n) is 3.63. The molecule has 1 aliphatic carbocycles. The maximum atomic E-state index is 6.16. The molecule has 1 aliphatic rings. The second-order valence-corrected chi connectivity index (χ2v) is 8.40. The highest BCUT2D eigenvalue weighted by atomic mass is 35.5. The zero-order valence-corrected chi connectivity index (χ0v) is 17.6. The molecular formula is C21H44ClNO. The third-order valence-electron chi connectivity index (χ3n) is 5.33. The molecule has 0 aliphatic heterocycles. The van der Waals surface area contributed by atoms with Crippen LogP contribution in [0.5, 0.6) is 0 Å². The van der Waals surface area contributed by atoms with Crippen molar-refractivity contribution in [3.05, 3.63) is 0 Å². The Labute approximate surface area is 158 Å². The molecule has 146 valence electrons. The molecule has 1 saturated carbocycles. The molecule has 0 aromatic rings. The van der Waals surface area contributed by atoms with Crippen LogP contribution >= 0.6 is 0 Å². The molecule has 1 fully saturated rings. The monoisotopic (exact) mass is 361 g/mol. The van der Waals surface area contributed by atoms with Crippen molar-refractivity contribution in [2.24, 2.45) is 0 Å². The van der Waals surface area contributed by atoms with Crippen LogP contribution in [0.25, 0.3) is 0 Å². The van der Waals surface area contributed by atoms with Gasteiger partial charge in [-0.15, -0.1) is 0 Å². The van der Waals surface area contributed by atoms with Gasteiger partial charge in [-0.05, 0) is 25.7 Å². The van der Waals surface area contributed by atoms with Gasteiger partial charge in [-0.3, -0.25) is 0 Å².